The van der Waals surface area contributed by atoms with Crippen LogP contribution in [0.25, 0.3) is 0 Å². The van der Waals surface area contributed by atoms with Crippen molar-refractivity contribution in [3.8, 4) is 11.5 Å². The Balaban J connectivity index is 2.52. The average Bonchev–Trinajstić information content (AvgIpc) is 3.31. The third-order valence-corrected chi connectivity index (χ3v) is 10.7. The van der Waals surface area contributed by atoms with Crippen LogP contribution in [-0.2, 0) is 51.2 Å². The largest absolute Gasteiger partial charge is 0.508 e. The zero-order valence-corrected chi connectivity index (χ0v) is 41.1. The number of benzene rings is 2. The van der Waals surface area contributed by atoms with Gasteiger partial charge in [-0.3, -0.25) is 53.3 Å². The first kappa shape index (κ1) is 60.7. The quantitative estimate of drug-likeness (QED) is 0.0186. The molecule has 0 heterocycles. The maximum absolute atomic E-state index is 14.4. The number of phenolic OH excluding ortho intramolecular Hbond substituents is 2. The fraction of sp³-hybridized carbons (Fsp3) is 0.500. The fourth-order valence-electron chi connectivity index (χ4n) is 7.04. The zero-order chi connectivity index (χ0) is 54.6. The molecular weight excluding hydrogens is 953 g/mol. The van der Waals surface area contributed by atoms with Gasteiger partial charge in [-0.2, -0.15) is 0 Å². The summed E-state index contributed by atoms with van der Waals surface area (Å²) >= 11 is 0. The van der Waals surface area contributed by atoms with Crippen LogP contribution in [0, 0.1) is 5.92 Å². The lowest BCUT2D eigenvalue weighted by Gasteiger charge is -2.28. The van der Waals surface area contributed by atoms with Gasteiger partial charge in [-0.1, -0.05) is 38.1 Å². The number of amides is 7. The van der Waals surface area contributed by atoms with E-state index in [4.69, 9.17) is 45.2 Å². The molecule has 0 fully saturated rings. The van der Waals surface area contributed by atoms with E-state index in [9.17, 15) is 48.6 Å². The molecule has 0 saturated heterocycles. The lowest BCUT2D eigenvalue weighted by Crippen LogP contribution is -2.60. The number of aliphatic imine (C=N–C) groups is 3. The van der Waals surface area contributed by atoms with Crippen molar-refractivity contribution in [3.05, 3.63) is 59.7 Å². The van der Waals surface area contributed by atoms with Crippen molar-refractivity contribution >= 4 is 65.2 Å². The number of nitrogens with two attached hydrogens (primary N) is 7. The van der Waals surface area contributed by atoms with Gasteiger partial charge in [0, 0.05) is 38.9 Å². The summed E-state index contributed by atoms with van der Waals surface area (Å²) < 4.78 is 0. The Bertz CT molecular complexity index is 2250. The molecule has 6 atom stereocenters. The van der Waals surface area contributed by atoms with Crippen molar-refractivity contribution in [2.24, 2.45) is 61.0 Å². The third-order valence-electron chi connectivity index (χ3n) is 10.7. The number of hydrogen-bond donors (Lipinski definition) is 16. The summed E-state index contributed by atoms with van der Waals surface area (Å²) in [7, 11) is 0. The number of primary amides is 1. The predicted molar refractivity (Wildman–Crippen MR) is 270 cm³/mol. The van der Waals surface area contributed by atoms with Gasteiger partial charge >= 0.3 is 5.97 Å². The molecule has 7 amide bonds. The number of aromatic hydroxyl groups is 2. The number of aliphatic carboxylic acids is 1. The minimum atomic E-state index is -1.45. The smallest absolute Gasteiger partial charge is 0.303 e. The standard InChI is InChI=1S/C46H72N16O11/c1-25(2)22-34(42(72)58-31(7-4-20-55-45(50)51)40(70)60-33(38(47)68)23-26-9-13-28(63)14-10-26)61-41(71)32(8-5-21-56-46(52)53)59-43(73)35(24-27-11-15-29(64)16-12-27)62-39(69)30(6-3-19-54-44(48)49)57-36(65)17-18-37(66)67/h9-16,25,30-35,63-64H,3-8,17-24H2,1-2H3,(H2,47,68)(H,57,65)(H,58,72)(H,59,73)(H,60,70)(H,61,71)(H,62,69)(H,66,67)(H4,48,49,54)(H4,50,51,55)(H4,52,53,56)/t30-,31-,32-,33-,34-,35-/m0/s1. The first-order chi connectivity index (χ1) is 34.4. The number of carboxylic acids is 1. The SMILES string of the molecule is CC(C)C[C@H](NC(=O)[C@H](CCCN=C(N)N)NC(=O)[C@H](Cc1ccc(O)cc1)NC(=O)[C@H](CCCN=C(N)N)NC(=O)CCC(=O)O)C(=O)N[C@@H](CCCN=C(N)N)C(=O)N[C@@H](Cc1ccc(O)cc1)C(N)=O. The molecule has 27 nitrogen and oxygen atoms in total. The van der Waals surface area contributed by atoms with E-state index in [-0.39, 0.29) is 113 Å². The monoisotopic (exact) mass is 1020 g/mol. The van der Waals surface area contributed by atoms with E-state index in [2.05, 4.69) is 46.9 Å². The number of carbonyl (C=O) groups excluding carboxylic acids is 7. The van der Waals surface area contributed by atoms with E-state index >= 15 is 0 Å². The maximum atomic E-state index is 14.4. The molecule has 2 aromatic rings. The van der Waals surface area contributed by atoms with Crippen LogP contribution in [-0.4, -0.2) is 136 Å². The molecule has 0 aliphatic rings. The molecule has 2 aromatic carbocycles. The van der Waals surface area contributed by atoms with Crippen LogP contribution in [0.3, 0.4) is 0 Å². The van der Waals surface area contributed by atoms with Gasteiger partial charge in [-0.05, 0) is 86.3 Å². The number of nitrogens with zero attached hydrogens (tertiary/aromatic N) is 3. The maximum Gasteiger partial charge on any atom is 0.303 e. The molecule has 0 saturated carbocycles. The average molecular weight is 1030 g/mol. The molecule has 0 aliphatic heterocycles. The van der Waals surface area contributed by atoms with Crippen LogP contribution in [0.1, 0.15) is 82.8 Å². The van der Waals surface area contributed by atoms with E-state index in [1.807, 2.05) is 0 Å². The van der Waals surface area contributed by atoms with Crippen LogP contribution < -0.4 is 72.0 Å². The minimum absolute atomic E-state index is 0.0182. The van der Waals surface area contributed by atoms with Gasteiger partial charge in [-0.25, -0.2) is 0 Å². The van der Waals surface area contributed by atoms with E-state index in [0.717, 1.165) is 0 Å². The lowest BCUT2D eigenvalue weighted by atomic mass is 10.00. The van der Waals surface area contributed by atoms with Gasteiger partial charge < -0.3 is 87.4 Å². The molecule has 402 valence electrons. The van der Waals surface area contributed by atoms with Crippen LogP contribution in [0.15, 0.2) is 63.5 Å². The highest BCUT2D eigenvalue weighted by atomic mass is 16.4. The summed E-state index contributed by atoms with van der Waals surface area (Å²) in [4.78, 5) is 119. The van der Waals surface area contributed by atoms with Gasteiger partial charge in [-0.15, -0.1) is 0 Å². The van der Waals surface area contributed by atoms with Crippen LogP contribution >= 0.6 is 0 Å². The second-order valence-corrected chi connectivity index (χ2v) is 17.4. The van der Waals surface area contributed by atoms with Crippen LogP contribution in [0.5, 0.6) is 11.5 Å². The van der Waals surface area contributed by atoms with E-state index in [1.54, 1.807) is 26.0 Å². The second kappa shape index (κ2) is 31.8. The minimum Gasteiger partial charge on any atom is -0.508 e. The summed E-state index contributed by atoms with van der Waals surface area (Å²) in [5.41, 5.74) is 39.5. The molecule has 23 N–H and O–H groups in total. The highest BCUT2D eigenvalue weighted by Crippen LogP contribution is 2.15. The molecule has 2 rings (SSSR count). The zero-order valence-electron chi connectivity index (χ0n) is 41.1. The summed E-state index contributed by atoms with van der Waals surface area (Å²) in [6.45, 7) is 3.70. The fourth-order valence-corrected chi connectivity index (χ4v) is 7.04. The topological polar surface area (TPSA) is 489 Å². The van der Waals surface area contributed by atoms with Crippen molar-refractivity contribution in [1.82, 2.24) is 31.9 Å². The van der Waals surface area contributed by atoms with Crippen LogP contribution in [0.2, 0.25) is 0 Å². The third kappa shape index (κ3) is 25.3. The Hall–Kier alpha value is -8.39. The van der Waals surface area contributed by atoms with Crippen molar-refractivity contribution < 1.29 is 53.7 Å². The summed E-state index contributed by atoms with van der Waals surface area (Å²) in [6.07, 6.45) is -0.930. The Morgan fingerprint density at radius 2 is 0.795 bits per heavy atom. The lowest BCUT2D eigenvalue weighted by molar-refractivity contribution is -0.139. The van der Waals surface area contributed by atoms with Gasteiger partial charge in [0.15, 0.2) is 17.9 Å². The Morgan fingerprint density at radius 3 is 1.16 bits per heavy atom. The number of carbonyl (C=O) groups is 8. The molecule has 0 spiro atoms. The first-order valence-electron chi connectivity index (χ1n) is 23.5. The molecule has 0 unspecified atom stereocenters. The Kier molecular flexibility index (Phi) is 26.4. The van der Waals surface area contributed by atoms with E-state index < -0.39 is 96.4 Å². The molecule has 0 aliphatic carbocycles. The van der Waals surface area contributed by atoms with Crippen LogP contribution in [0.4, 0.5) is 0 Å². The van der Waals surface area contributed by atoms with Gasteiger partial charge in [0.25, 0.3) is 0 Å². The van der Waals surface area contributed by atoms with Crippen molar-refractivity contribution in [2.75, 3.05) is 19.6 Å². The number of nitrogens with one attached hydrogen (secondary N) is 6. The summed E-state index contributed by atoms with van der Waals surface area (Å²) in [6, 6.07) is 3.53. The number of phenols is 2. The number of rotatable bonds is 33. The highest BCUT2D eigenvalue weighted by Gasteiger charge is 2.34. The Morgan fingerprint density at radius 1 is 0.466 bits per heavy atom. The van der Waals surface area contributed by atoms with E-state index in [1.165, 1.54) is 36.4 Å². The molecule has 0 radical (unpaired) electrons. The van der Waals surface area contributed by atoms with Gasteiger partial charge in [0.1, 0.15) is 47.8 Å². The van der Waals surface area contributed by atoms with Crippen molar-refractivity contribution in [3.63, 3.8) is 0 Å². The normalized spacial score (nSPS) is 13.2. The number of carboxylic acid groups (broad SMARTS) is 1. The molecule has 0 aromatic heterocycles. The van der Waals surface area contributed by atoms with E-state index in [0.29, 0.717) is 11.1 Å². The van der Waals surface area contributed by atoms with Crippen molar-refractivity contribution in [1.29, 1.82) is 0 Å². The first-order valence-corrected chi connectivity index (χ1v) is 23.5. The summed E-state index contributed by atoms with van der Waals surface area (Å²) in [5, 5.41) is 44.5. The molecule has 0 bridgehead atoms. The Labute approximate surface area is 422 Å². The highest BCUT2D eigenvalue weighted by molar-refractivity contribution is 5.97. The number of guanidine groups is 3. The molecule has 27 heteroatoms. The molecule has 73 heavy (non-hydrogen) atoms. The van der Waals surface area contributed by atoms with Gasteiger partial charge in [0.05, 0.1) is 6.42 Å². The molecular formula is C46H72N16O11. The van der Waals surface area contributed by atoms with Crippen molar-refractivity contribution in [2.45, 2.75) is 121 Å². The van der Waals surface area contributed by atoms with Gasteiger partial charge in [0.2, 0.25) is 41.4 Å². The number of hydrogen-bond acceptors (Lipinski definition) is 13. The summed E-state index contributed by atoms with van der Waals surface area (Å²) in [5.74, 6) is -8.09. The predicted octanol–water partition coefficient (Wildman–Crippen LogP) is -3.65. The second-order valence-electron chi connectivity index (χ2n) is 17.4.